The Morgan fingerprint density at radius 2 is 1.92 bits per heavy atom. The molecule has 0 saturated carbocycles. The topological polar surface area (TPSA) is 57.8 Å². The largest absolute Gasteiger partial charge is 0.352 e. The van der Waals surface area contributed by atoms with E-state index in [1.807, 2.05) is 68.5 Å². The summed E-state index contributed by atoms with van der Waals surface area (Å²) in [6.45, 7) is 4.71. The maximum absolute atomic E-state index is 12.7. The van der Waals surface area contributed by atoms with Crippen LogP contribution in [0.1, 0.15) is 30.3 Å². The van der Waals surface area contributed by atoms with Crippen LogP contribution in [-0.2, 0) is 4.79 Å². The third kappa shape index (κ3) is 3.38. The number of amides is 1. The van der Waals surface area contributed by atoms with E-state index in [0.717, 1.165) is 28.6 Å². The van der Waals surface area contributed by atoms with Gasteiger partial charge in [-0.25, -0.2) is 4.98 Å². The lowest BCUT2D eigenvalue weighted by Gasteiger charge is -2.07. The number of aromatic amines is 1. The summed E-state index contributed by atoms with van der Waals surface area (Å²) < 4.78 is 0. The SMILES string of the molecule is CCCNC(=O)C(=Cc1ccccc1C)c1nc2ccccc2[nH]1. The Morgan fingerprint density at radius 3 is 2.67 bits per heavy atom. The summed E-state index contributed by atoms with van der Waals surface area (Å²) in [6.07, 6.45) is 2.79. The van der Waals surface area contributed by atoms with Crippen LogP contribution >= 0.6 is 0 Å². The average Bonchev–Trinajstić information content (AvgIpc) is 3.02. The van der Waals surface area contributed by atoms with E-state index < -0.39 is 0 Å². The highest BCUT2D eigenvalue weighted by Crippen LogP contribution is 2.21. The lowest BCUT2D eigenvalue weighted by atomic mass is 10.0. The first-order chi connectivity index (χ1) is 11.7. The number of nitrogens with zero attached hydrogens (tertiary/aromatic N) is 1. The van der Waals surface area contributed by atoms with Gasteiger partial charge in [-0.15, -0.1) is 0 Å². The maximum Gasteiger partial charge on any atom is 0.255 e. The van der Waals surface area contributed by atoms with E-state index in [-0.39, 0.29) is 5.91 Å². The zero-order chi connectivity index (χ0) is 16.9. The average molecular weight is 319 g/mol. The summed E-state index contributed by atoms with van der Waals surface area (Å²) in [7, 11) is 0. The van der Waals surface area contributed by atoms with Gasteiger partial charge in [0.05, 0.1) is 16.6 Å². The second kappa shape index (κ2) is 7.13. The number of para-hydroxylation sites is 2. The van der Waals surface area contributed by atoms with Crippen LogP contribution in [0.3, 0.4) is 0 Å². The van der Waals surface area contributed by atoms with Crippen molar-refractivity contribution in [2.75, 3.05) is 6.54 Å². The summed E-state index contributed by atoms with van der Waals surface area (Å²) in [4.78, 5) is 20.5. The van der Waals surface area contributed by atoms with Gasteiger partial charge < -0.3 is 10.3 Å². The van der Waals surface area contributed by atoms with E-state index in [1.54, 1.807) is 0 Å². The first-order valence-corrected chi connectivity index (χ1v) is 8.19. The number of aryl methyl sites for hydroxylation is 1. The van der Waals surface area contributed by atoms with E-state index in [9.17, 15) is 4.79 Å². The summed E-state index contributed by atoms with van der Waals surface area (Å²) in [6, 6.07) is 15.8. The van der Waals surface area contributed by atoms with Crippen LogP contribution in [0.5, 0.6) is 0 Å². The van der Waals surface area contributed by atoms with E-state index in [1.165, 1.54) is 0 Å². The molecule has 24 heavy (non-hydrogen) atoms. The highest BCUT2D eigenvalue weighted by Gasteiger charge is 2.16. The van der Waals surface area contributed by atoms with Crippen LogP contribution in [-0.4, -0.2) is 22.4 Å². The number of imidazole rings is 1. The predicted molar refractivity (Wildman–Crippen MR) is 98.4 cm³/mol. The molecule has 0 radical (unpaired) electrons. The Morgan fingerprint density at radius 1 is 1.17 bits per heavy atom. The molecule has 2 aromatic carbocycles. The Balaban J connectivity index is 2.07. The zero-order valence-corrected chi connectivity index (χ0v) is 14.0. The van der Waals surface area contributed by atoms with Gasteiger partial charge in [0, 0.05) is 6.54 Å². The molecular weight excluding hydrogens is 298 g/mol. The quantitative estimate of drug-likeness (QED) is 0.700. The lowest BCUT2D eigenvalue weighted by Crippen LogP contribution is -2.25. The molecule has 1 amide bonds. The molecule has 4 heteroatoms. The van der Waals surface area contributed by atoms with Crippen molar-refractivity contribution >= 4 is 28.6 Å². The number of benzene rings is 2. The molecule has 0 bridgehead atoms. The van der Waals surface area contributed by atoms with Gasteiger partial charge in [-0.2, -0.15) is 0 Å². The molecule has 1 heterocycles. The summed E-state index contributed by atoms with van der Waals surface area (Å²) in [5.74, 6) is 0.479. The van der Waals surface area contributed by atoms with Crippen LogP contribution in [0.25, 0.3) is 22.7 Å². The summed E-state index contributed by atoms with van der Waals surface area (Å²) in [5, 5.41) is 2.95. The van der Waals surface area contributed by atoms with Crippen molar-refractivity contribution in [3.8, 4) is 0 Å². The second-order valence-corrected chi connectivity index (χ2v) is 5.77. The van der Waals surface area contributed by atoms with Crippen molar-refractivity contribution in [2.45, 2.75) is 20.3 Å². The van der Waals surface area contributed by atoms with Gasteiger partial charge in [-0.05, 0) is 42.7 Å². The molecule has 0 unspecified atom stereocenters. The number of nitrogens with one attached hydrogen (secondary N) is 2. The first-order valence-electron chi connectivity index (χ1n) is 8.19. The van der Waals surface area contributed by atoms with E-state index >= 15 is 0 Å². The van der Waals surface area contributed by atoms with Gasteiger partial charge in [0.15, 0.2) is 0 Å². The third-order valence-corrected chi connectivity index (χ3v) is 3.91. The first kappa shape index (κ1) is 16.0. The van der Waals surface area contributed by atoms with Crippen molar-refractivity contribution in [3.05, 3.63) is 65.5 Å². The number of hydrogen-bond acceptors (Lipinski definition) is 2. The number of rotatable bonds is 5. The molecule has 0 aliphatic heterocycles. The van der Waals surface area contributed by atoms with Crippen molar-refractivity contribution < 1.29 is 4.79 Å². The molecule has 0 atom stereocenters. The molecule has 122 valence electrons. The minimum atomic E-state index is -0.112. The van der Waals surface area contributed by atoms with Crippen LogP contribution in [0.15, 0.2) is 48.5 Å². The fourth-order valence-electron chi connectivity index (χ4n) is 2.56. The molecule has 0 aliphatic rings. The third-order valence-electron chi connectivity index (χ3n) is 3.91. The highest BCUT2D eigenvalue weighted by atomic mass is 16.1. The molecule has 2 N–H and O–H groups in total. The molecule has 1 aromatic heterocycles. The minimum absolute atomic E-state index is 0.112. The van der Waals surface area contributed by atoms with Crippen molar-refractivity contribution in [1.29, 1.82) is 0 Å². The minimum Gasteiger partial charge on any atom is -0.352 e. The number of carbonyl (C=O) groups excluding carboxylic acids is 1. The molecule has 0 aliphatic carbocycles. The Bertz CT molecular complexity index is 860. The van der Waals surface area contributed by atoms with Gasteiger partial charge in [-0.1, -0.05) is 43.3 Å². The Labute approximate surface area is 141 Å². The van der Waals surface area contributed by atoms with Crippen LogP contribution < -0.4 is 5.32 Å². The molecule has 3 rings (SSSR count). The van der Waals surface area contributed by atoms with E-state index in [0.29, 0.717) is 17.9 Å². The smallest absolute Gasteiger partial charge is 0.255 e. The summed E-state index contributed by atoms with van der Waals surface area (Å²) in [5.41, 5.74) is 4.46. The standard InChI is InChI=1S/C20H21N3O/c1-3-12-21-20(24)16(13-15-9-5-4-8-14(15)2)19-22-17-10-6-7-11-18(17)23-19/h4-11,13H,3,12H2,1-2H3,(H,21,24)(H,22,23). The summed E-state index contributed by atoms with van der Waals surface area (Å²) >= 11 is 0. The van der Waals surface area contributed by atoms with E-state index in [4.69, 9.17) is 0 Å². The number of hydrogen-bond donors (Lipinski definition) is 2. The molecular formula is C20H21N3O. The second-order valence-electron chi connectivity index (χ2n) is 5.77. The monoisotopic (exact) mass is 319 g/mol. The molecule has 3 aromatic rings. The fraction of sp³-hybridized carbons (Fsp3) is 0.200. The number of carbonyl (C=O) groups is 1. The molecule has 4 nitrogen and oxygen atoms in total. The Kier molecular flexibility index (Phi) is 4.75. The van der Waals surface area contributed by atoms with Crippen LogP contribution in [0, 0.1) is 6.92 Å². The van der Waals surface area contributed by atoms with Gasteiger partial charge in [-0.3, -0.25) is 4.79 Å². The predicted octanol–water partition coefficient (Wildman–Crippen LogP) is 3.94. The Hall–Kier alpha value is -2.88. The normalized spacial score (nSPS) is 11.7. The number of fused-ring (bicyclic) bond motifs is 1. The number of aromatic nitrogens is 2. The van der Waals surface area contributed by atoms with Crippen LogP contribution in [0.2, 0.25) is 0 Å². The van der Waals surface area contributed by atoms with E-state index in [2.05, 4.69) is 15.3 Å². The molecule has 0 fully saturated rings. The maximum atomic E-state index is 12.7. The van der Waals surface area contributed by atoms with Crippen molar-refractivity contribution in [3.63, 3.8) is 0 Å². The van der Waals surface area contributed by atoms with Gasteiger partial charge in [0.25, 0.3) is 5.91 Å². The lowest BCUT2D eigenvalue weighted by molar-refractivity contribution is -0.115. The van der Waals surface area contributed by atoms with Gasteiger partial charge >= 0.3 is 0 Å². The fourth-order valence-corrected chi connectivity index (χ4v) is 2.56. The van der Waals surface area contributed by atoms with Gasteiger partial charge in [0.2, 0.25) is 0 Å². The molecule has 0 saturated heterocycles. The van der Waals surface area contributed by atoms with Crippen molar-refractivity contribution in [1.82, 2.24) is 15.3 Å². The van der Waals surface area contributed by atoms with Gasteiger partial charge in [0.1, 0.15) is 5.82 Å². The van der Waals surface area contributed by atoms with Crippen molar-refractivity contribution in [2.24, 2.45) is 0 Å². The van der Waals surface area contributed by atoms with Crippen LogP contribution in [0.4, 0.5) is 0 Å². The highest BCUT2D eigenvalue weighted by molar-refractivity contribution is 6.23. The zero-order valence-electron chi connectivity index (χ0n) is 14.0. The number of H-pyrrole nitrogens is 1. The molecule has 0 spiro atoms.